The van der Waals surface area contributed by atoms with Crippen LogP contribution in [-0.4, -0.2) is 19.8 Å². The molecule has 3 heterocycles. The number of thiophene rings is 1. The molecule has 0 atom stereocenters. The van der Waals surface area contributed by atoms with Crippen LogP contribution in [0.25, 0.3) is 27.8 Å². The third-order valence-corrected chi connectivity index (χ3v) is 4.13. The molecule has 0 amide bonds. The molecular formula is C14H11N5S. The van der Waals surface area contributed by atoms with E-state index in [1.807, 2.05) is 35.0 Å². The van der Waals surface area contributed by atoms with Gasteiger partial charge in [0.1, 0.15) is 16.0 Å². The van der Waals surface area contributed by atoms with Gasteiger partial charge in [0.2, 0.25) is 0 Å². The van der Waals surface area contributed by atoms with Crippen molar-refractivity contribution in [2.75, 3.05) is 5.73 Å². The average molecular weight is 281 g/mol. The van der Waals surface area contributed by atoms with Crippen molar-refractivity contribution < 1.29 is 0 Å². The summed E-state index contributed by atoms with van der Waals surface area (Å²) in [6.07, 6.45) is 0. The molecule has 3 aromatic heterocycles. The maximum absolute atomic E-state index is 5.90. The van der Waals surface area contributed by atoms with Crippen LogP contribution in [0.3, 0.4) is 0 Å². The van der Waals surface area contributed by atoms with Gasteiger partial charge >= 0.3 is 0 Å². The Bertz CT molecular complexity index is 923. The van der Waals surface area contributed by atoms with Gasteiger partial charge in [-0.3, -0.25) is 0 Å². The van der Waals surface area contributed by atoms with Crippen LogP contribution in [0.1, 0.15) is 5.69 Å². The maximum Gasteiger partial charge on any atom is 0.186 e. The van der Waals surface area contributed by atoms with Gasteiger partial charge in [0.15, 0.2) is 5.65 Å². The Morgan fingerprint density at radius 3 is 2.75 bits per heavy atom. The minimum atomic E-state index is 0.670. The number of nitrogen functional groups attached to an aromatic ring is 1. The molecule has 0 aliphatic carbocycles. The highest BCUT2D eigenvalue weighted by molar-refractivity contribution is 7.15. The molecule has 0 aliphatic rings. The average Bonchev–Trinajstić information content (AvgIpc) is 3.00. The van der Waals surface area contributed by atoms with Crippen molar-refractivity contribution in [2.45, 2.75) is 6.92 Å². The number of nitrogens with two attached hydrogens (primary N) is 1. The van der Waals surface area contributed by atoms with Crippen LogP contribution < -0.4 is 5.73 Å². The fraction of sp³-hybridized carbons (Fsp3) is 0.0714. The SMILES string of the molecule is Cc1nn2c(nnc3c(N)scc32)c1-c1ccccc1. The predicted molar refractivity (Wildman–Crippen MR) is 80.8 cm³/mol. The third kappa shape index (κ3) is 1.45. The van der Waals surface area contributed by atoms with Crippen LogP contribution in [0.5, 0.6) is 0 Å². The Hall–Kier alpha value is -2.47. The van der Waals surface area contributed by atoms with E-state index in [1.54, 1.807) is 0 Å². The van der Waals surface area contributed by atoms with E-state index in [9.17, 15) is 0 Å². The smallest absolute Gasteiger partial charge is 0.186 e. The van der Waals surface area contributed by atoms with Crippen molar-refractivity contribution in [3.8, 4) is 11.1 Å². The zero-order valence-electron chi connectivity index (χ0n) is 10.7. The van der Waals surface area contributed by atoms with Crippen LogP contribution in [0.2, 0.25) is 0 Å². The summed E-state index contributed by atoms with van der Waals surface area (Å²) < 4.78 is 1.83. The summed E-state index contributed by atoms with van der Waals surface area (Å²) in [4.78, 5) is 0. The second-order valence-corrected chi connectivity index (χ2v) is 5.51. The highest BCUT2D eigenvalue weighted by Gasteiger charge is 2.16. The molecule has 0 saturated heterocycles. The van der Waals surface area contributed by atoms with Crippen molar-refractivity contribution in [1.29, 1.82) is 0 Å². The lowest BCUT2D eigenvalue weighted by molar-refractivity contribution is 0.929. The molecular weight excluding hydrogens is 270 g/mol. The number of rotatable bonds is 1. The number of benzene rings is 1. The van der Waals surface area contributed by atoms with Crippen LogP contribution in [0, 0.1) is 6.92 Å². The minimum Gasteiger partial charge on any atom is -0.389 e. The highest BCUT2D eigenvalue weighted by Crippen LogP contribution is 2.31. The lowest BCUT2D eigenvalue weighted by Crippen LogP contribution is -1.95. The molecule has 6 heteroatoms. The zero-order chi connectivity index (χ0) is 13.7. The first kappa shape index (κ1) is 11.4. The maximum atomic E-state index is 5.90. The molecule has 0 fully saturated rings. The van der Waals surface area contributed by atoms with Crippen LogP contribution in [0.15, 0.2) is 35.7 Å². The van der Waals surface area contributed by atoms with Gasteiger partial charge in [-0.1, -0.05) is 30.3 Å². The van der Waals surface area contributed by atoms with Gasteiger partial charge in [0, 0.05) is 5.38 Å². The molecule has 0 aliphatic heterocycles. The summed E-state index contributed by atoms with van der Waals surface area (Å²) in [5, 5.41) is 15.8. The number of aryl methyl sites for hydroxylation is 1. The van der Waals surface area contributed by atoms with Crippen molar-refractivity contribution in [1.82, 2.24) is 19.8 Å². The summed E-state index contributed by atoms with van der Waals surface area (Å²) in [7, 11) is 0. The van der Waals surface area contributed by atoms with Crippen LogP contribution in [0.4, 0.5) is 5.00 Å². The molecule has 0 bridgehead atoms. The van der Waals surface area contributed by atoms with Gasteiger partial charge in [-0.05, 0) is 12.5 Å². The summed E-state index contributed by atoms with van der Waals surface area (Å²) in [6.45, 7) is 1.98. The number of nitrogens with zero attached hydrogens (tertiary/aromatic N) is 4. The normalized spacial score (nSPS) is 11.4. The lowest BCUT2D eigenvalue weighted by Gasteiger charge is -1.99. The van der Waals surface area contributed by atoms with Gasteiger partial charge in [0.05, 0.1) is 11.3 Å². The first-order valence-corrected chi connectivity index (χ1v) is 7.08. The first-order valence-electron chi connectivity index (χ1n) is 6.20. The number of hydrogen-bond donors (Lipinski definition) is 1. The second kappa shape index (κ2) is 4.01. The molecule has 98 valence electrons. The number of hydrogen-bond acceptors (Lipinski definition) is 5. The Morgan fingerprint density at radius 2 is 1.95 bits per heavy atom. The van der Waals surface area contributed by atoms with Gasteiger partial charge in [-0.25, -0.2) is 4.52 Å². The summed E-state index contributed by atoms with van der Waals surface area (Å²) >= 11 is 1.46. The largest absolute Gasteiger partial charge is 0.389 e. The van der Waals surface area contributed by atoms with Crippen LogP contribution in [-0.2, 0) is 0 Å². The molecule has 1 aromatic carbocycles. The van der Waals surface area contributed by atoms with E-state index in [2.05, 4.69) is 27.4 Å². The van der Waals surface area contributed by atoms with E-state index in [0.29, 0.717) is 10.5 Å². The Balaban J connectivity index is 2.13. The fourth-order valence-electron chi connectivity index (χ4n) is 2.42. The van der Waals surface area contributed by atoms with E-state index in [0.717, 1.165) is 28.0 Å². The Morgan fingerprint density at radius 1 is 1.15 bits per heavy atom. The Kier molecular flexibility index (Phi) is 2.28. The molecule has 5 nitrogen and oxygen atoms in total. The first-order chi connectivity index (χ1) is 9.75. The monoisotopic (exact) mass is 281 g/mol. The summed E-state index contributed by atoms with van der Waals surface area (Å²) in [6, 6.07) is 10.1. The molecule has 2 N–H and O–H groups in total. The van der Waals surface area contributed by atoms with Crippen LogP contribution >= 0.6 is 11.3 Å². The molecule has 20 heavy (non-hydrogen) atoms. The Labute approximate surface area is 118 Å². The molecule has 0 saturated carbocycles. The minimum absolute atomic E-state index is 0.670. The van der Waals surface area contributed by atoms with E-state index in [-0.39, 0.29) is 0 Å². The number of aromatic nitrogens is 4. The highest BCUT2D eigenvalue weighted by atomic mass is 32.1. The van der Waals surface area contributed by atoms with E-state index >= 15 is 0 Å². The lowest BCUT2D eigenvalue weighted by atomic mass is 10.1. The third-order valence-electron chi connectivity index (χ3n) is 3.34. The van der Waals surface area contributed by atoms with Gasteiger partial charge in [-0.2, -0.15) is 5.10 Å². The van der Waals surface area contributed by atoms with Gasteiger partial charge in [0.25, 0.3) is 0 Å². The predicted octanol–water partition coefficient (Wildman–Crippen LogP) is 2.90. The fourth-order valence-corrected chi connectivity index (χ4v) is 3.13. The van der Waals surface area contributed by atoms with E-state index in [4.69, 9.17) is 5.73 Å². The zero-order valence-corrected chi connectivity index (χ0v) is 11.6. The molecule has 0 spiro atoms. The van der Waals surface area contributed by atoms with Crippen molar-refractivity contribution in [3.05, 3.63) is 41.4 Å². The van der Waals surface area contributed by atoms with Gasteiger partial charge in [-0.15, -0.1) is 21.5 Å². The topological polar surface area (TPSA) is 69.1 Å². The standard InChI is InChI=1S/C14H11N5S/c1-8-11(9-5-3-2-4-6-9)14-17-16-12-10(19(14)18-8)7-20-13(12)15/h2-7H,15H2,1H3. The van der Waals surface area contributed by atoms with Gasteiger partial charge < -0.3 is 5.73 Å². The summed E-state index contributed by atoms with van der Waals surface area (Å²) in [5.41, 5.74) is 11.3. The number of fused-ring (bicyclic) bond motifs is 3. The quantitative estimate of drug-likeness (QED) is 0.582. The summed E-state index contributed by atoms with van der Waals surface area (Å²) in [5.74, 6) is 0. The number of anilines is 1. The molecule has 4 aromatic rings. The van der Waals surface area contributed by atoms with E-state index < -0.39 is 0 Å². The molecule has 4 rings (SSSR count). The van der Waals surface area contributed by atoms with Crippen molar-refractivity contribution in [2.24, 2.45) is 0 Å². The van der Waals surface area contributed by atoms with Crippen molar-refractivity contribution in [3.63, 3.8) is 0 Å². The van der Waals surface area contributed by atoms with E-state index in [1.165, 1.54) is 11.3 Å². The molecule has 0 unspecified atom stereocenters. The van der Waals surface area contributed by atoms with Crippen molar-refractivity contribution >= 4 is 33.0 Å². The molecule has 0 radical (unpaired) electrons. The second-order valence-electron chi connectivity index (χ2n) is 4.60.